The molecule has 2 unspecified atom stereocenters. The van der Waals surface area contributed by atoms with Gasteiger partial charge in [0.05, 0.1) is 12.1 Å². The summed E-state index contributed by atoms with van der Waals surface area (Å²) < 4.78 is 45.7. The maximum Gasteiger partial charge on any atom is 0.401 e. The highest BCUT2D eigenvalue weighted by atomic mass is 19.4. The van der Waals surface area contributed by atoms with Crippen LogP contribution in [0.3, 0.4) is 0 Å². The van der Waals surface area contributed by atoms with Crippen LogP contribution in [0.25, 0.3) is 0 Å². The summed E-state index contributed by atoms with van der Waals surface area (Å²) in [5.41, 5.74) is 4.82. The Morgan fingerprint density at radius 1 is 1.08 bits per heavy atom. The van der Waals surface area contributed by atoms with Crippen molar-refractivity contribution in [2.75, 3.05) is 26.2 Å². The van der Waals surface area contributed by atoms with E-state index in [-0.39, 0.29) is 23.0 Å². The number of benzene rings is 1. The molecular weight excluding hydrogens is 463 g/mol. The van der Waals surface area contributed by atoms with Crippen LogP contribution in [0.4, 0.5) is 13.2 Å². The second-order valence-corrected chi connectivity index (χ2v) is 11.6. The molecule has 36 heavy (non-hydrogen) atoms. The Balaban J connectivity index is 1.17. The molecular formula is C29H36F3N3O. The third-order valence-electron chi connectivity index (χ3n) is 9.18. The minimum atomic E-state index is -4.16. The maximum atomic E-state index is 13.1. The van der Waals surface area contributed by atoms with E-state index >= 15 is 0 Å². The third-order valence-corrected chi connectivity index (χ3v) is 9.18. The van der Waals surface area contributed by atoms with E-state index in [1.165, 1.54) is 29.7 Å². The van der Waals surface area contributed by atoms with Gasteiger partial charge in [-0.15, -0.1) is 0 Å². The zero-order valence-corrected chi connectivity index (χ0v) is 20.8. The van der Waals surface area contributed by atoms with E-state index in [0.717, 1.165) is 57.2 Å². The van der Waals surface area contributed by atoms with Gasteiger partial charge in [-0.2, -0.15) is 13.2 Å². The molecule has 4 nitrogen and oxygen atoms in total. The van der Waals surface area contributed by atoms with Crippen molar-refractivity contribution in [2.24, 2.45) is 0 Å². The SMILES string of the molecule is FC(F)(F)CN1Cc2cccc3c2C(CC3NCC[C@@]2(c3ccccn3)CCOC3(CCCC3)C2)C1. The number of pyridine rings is 1. The molecule has 0 radical (unpaired) electrons. The number of ether oxygens (including phenoxy) is 1. The van der Waals surface area contributed by atoms with Crippen LogP contribution in [0.2, 0.25) is 0 Å². The third kappa shape index (κ3) is 4.70. The zero-order valence-electron chi connectivity index (χ0n) is 20.8. The largest absolute Gasteiger partial charge is 0.401 e. The molecule has 2 aliphatic carbocycles. The highest BCUT2D eigenvalue weighted by molar-refractivity contribution is 5.45. The van der Waals surface area contributed by atoms with Crippen molar-refractivity contribution in [3.8, 4) is 0 Å². The highest BCUT2D eigenvalue weighted by Gasteiger charge is 2.48. The van der Waals surface area contributed by atoms with Gasteiger partial charge < -0.3 is 10.1 Å². The molecule has 1 spiro atoms. The Morgan fingerprint density at radius 2 is 1.94 bits per heavy atom. The van der Waals surface area contributed by atoms with E-state index in [1.807, 2.05) is 24.4 Å². The van der Waals surface area contributed by atoms with Crippen molar-refractivity contribution >= 4 is 0 Å². The van der Waals surface area contributed by atoms with Gasteiger partial charge in [0.2, 0.25) is 0 Å². The van der Waals surface area contributed by atoms with Crippen molar-refractivity contribution in [1.82, 2.24) is 15.2 Å². The summed E-state index contributed by atoms with van der Waals surface area (Å²) in [6, 6.07) is 12.6. The van der Waals surface area contributed by atoms with Crippen molar-refractivity contribution in [1.29, 1.82) is 0 Å². The van der Waals surface area contributed by atoms with E-state index < -0.39 is 12.7 Å². The minimum absolute atomic E-state index is 0.00298. The van der Waals surface area contributed by atoms with E-state index in [1.54, 1.807) is 4.90 Å². The summed E-state index contributed by atoms with van der Waals surface area (Å²) in [6.07, 6.45) is 6.37. The highest BCUT2D eigenvalue weighted by Crippen LogP contribution is 2.50. The first-order chi connectivity index (χ1) is 17.3. The summed E-state index contributed by atoms with van der Waals surface area (Å²) in [7, 11) is 0. The molecule has 0 amide bonds. The van der Waals surface area contributed by atoms with Crippen LogP contribution in [-0.4, -0.2) is 47.9 Å². The van der Waals surface area contributed by atoms with E-state index in [0.29, 0.717) is 13.1 Å². The summed E-state index contributed by atoms with van der Waals surface area (Å²) in [6.45, 7) is 1.68. The lowest BCUT2D eigenvalue weighted by Gasteiger charge is -2.46. The average Bonchev–Trinajstić information content (AvgIpc) is 3.44. The summed E-state index contributed by atoms with van der Waals surface area (Å²) in [5, 5.41) is 3.83. The Bertz CT molecular complexity index is 1070. The number of aromatic nitrogens is 1. The average molecular weight is 500 g/mol. The topological polar surface area (TPSA) is 37.4 Å². The van der Waals surface area contributed by atoms with E-state index in [4.69, 9.17) is 9.72 Å². The first-order valence-corrected chi connectivity index (χ1v) is 13.5. The van der Waals surface area contributed by atoms with Gasteiger partial charge in [-0.1, -0.05) is 37.1 Å². The molecule has 3 atom stereocenters. The normalized spacial score (nSPS) is 29.5. The summed E-state index contributed by atoms with van der Waals surface area (Å²) >= 11 is 0. The van der Waals surface area contributed by atoms with Gasteiger partial charge >= 0.3 is 6.18 Å². The lowest BCUT2D eigenvalue weighted by molar-refractivity contribution is -0.148. The van der Waals surface area contributed by atoms with Crippen LogP contribution >= 0.6 is 0 Å². The molecule has 1 saturated heterocycles. The molecule has 1 aromatic heterocycles. The number of nitrogens with zero attached hydrogens (tertiary/aromatic N) is 2. The van der Waals surface area contributed by atoms with Gasteiger partial charge in [-0.25, -0.2) is 0 Å². The summed E-state index contributed by atoms with van der Waals surface area (Å²) in [5.74, 6) is 0.166. The van der Waals surface area contributed by atoms with E-state index in [9.17, 15) is 13.2 Å². The van der Waals surface area contributed by atoms with Crippen molar-refractivity contribution in [2.45, 2.75) is 87.1 Å². The molecule has 1 saturated carbocycles. The molecule has 2 aliphatic heterocycles. The zero-order chi connectivity index (χ0) is 24.8. The molecule has 2 fully saturated rings. The monoisotopic (exact) mass is 499 g/mol. The van der Waals surface area contributed by atoms with Crippen molar-refractivity contribution in [3.63, 3.8) is 0 Å². The molecule has 1 N–H and O–H groups in total. The van der Waals surface area contributed by atoms with Gasteiger partial charge in [0.25, 0.3) is 0 Å². The predicted molar refractivity (Wildman–Crippen MR) is 133 cm³/mol. The quantitative estimate of drug-likeness (QED) is 0.527. The minimum Gasteiger partial charge on any atom is -0.375 e. The Labute approximate surface area is 211 Å². The second kappa shape index (κ2) is 9.41. The molecule has 7 heteroatoms. The number of hydrogen-bond acceptors (Lipinski definition) is 4. The van der Waals surface area contributed by atoms with Crippen molar-refractivity contribution in [3.05, 3.63) is 65.0 Å². The van der Waals surface area contributed by atoms with Crippen LogP contribution in [0.1, 0.15) is 85.7 Å². The van der Waals surface area contributed by atoms with Gasteiger partial charge in [-0.3, -0.25) is 9.88 Å². The molecule has 4 aliphatic rings. The molecule has 6 rings (SSSR count). The fourth-order valence-electron chi connectivity index (χ4n) is 7.73. The fourth-order valence-corrected chi connectivity index (χ4v) is 7.73. The van der Waals surface area contributed by atoms with Crippen molar-refractivity contribution < 1.29 is 17.9 Å². The van der Waals surface area contributed by atoms with E-state index in [2.05, 4.69) is 23.5 Å². The smallest absolute Gasteiger partial charge is 0.375 e. The molecule has 2 aromatic rings. The first kappa shape index (κ1) is 24.4. The standard InChI is InChI=1S/C29H36F3N3O/c30-29(31,32)20-35-17-21-6-5-7-23-24(16-22(18-35)26(21)23)33-14-11-27(25-8-1-4-13-34-25)12-15-36-28(19-27)9-2-3-10-28/h1,4-8,13,22,24,33H,2-3,9-12,14-20H2/t22?,24?,27-/m1/s1. The van der Waals surface area contributed by atoms with Crippen LogP contribution in [0.5, 0.6) is 0 Å². The van der Waals surface area contributed by atoms with Gasteiger partial charge in [0, 0.05) is 43.0 Å². The van der Waals surface area contributed by atoms with Crippen LogP contribution in [0, 0.1) is 0 Å². The Hall–Kier alpha value is -1.96. The first-order valence-electron chi connectivity index (χ1n) is 13.5. The number of hydrogen-bond donors (Lipinski definition) is 1. The van der Waals surface area contributed by atoms with Crippen LogP contribution in [0.15, 0.2) is 42.6 Å². The van der Waals surface area contributed by atoms with Crippen LogP contribution < -0.4 is 5.32 Å². The van der Waals surface area contributed by atoms with Crippen LogP contribution in [-0.2, 0) is 16.7 Å². The fraction of sp³-hybridized carbons (Fsp3) is 0.621. The number of rotatable bonds is 6. The summed E-state index contributed by atoms with van der Waals surface area (Å²) in [4.78, 5) is 6.39. The maximum absolute atomic E-state index is 13.1. The van der Waals surface area contributed by atoms with Gasteiger partial charge in [0.1, 0.15) is 0 Å². The van der Waals surface area contributed by atoms with Gasteiger partial charge in [0.15, 0.2) is 0 Å². The molecule has 1 aromatic carbocycles. The molecule has 0 bridgehead atoms. The number of halogens is 3. The number of alkyl halides is 3. The van der Waals surface area contributed by atoms with Gasteiger partial charge in [-0.05, 0) is 79.8 Å². The Morgan fingerprint density at radius 3 is 2.72 bits per heavy atom. The predicted octanol–water partition coefficient (Wildman–Crippen LogP) is 6.03. The molecule has 3 heterocycles. The number of nitrogens with one attached hydrogen (secondary N) is 1. The molecule has 194 valence electrons. The Kier molecular flexibility index (Phi) is 6.37. The lowest BCUT2D eigenvalue weighted by atomic mass is 9.68. The second-order valence-electron chi connectivity index (χ2n) is 11.6. The lowest BCUT2D eigenvalue weighted by Crippen LogP contribution is -2.47.